The summed E-state index contributed by atoms with van der Waals surface area (Å²) < 4.78 is 4.83. The van der Waals surface area contributed by atoms with Crippen LogP contribution in [-0.2, 0) is 9.53 Å². The van der Waals surface area contributed by atoms with Crippen molar-refractivity contribution in [3.63, 3.8) is 0 Å². The molecule has 0 spiro atoms. The Bertz CT molecular complexity index is 191. The maximum absolute atomic E-state index is 11.0. The lowest BCUT2D eigenvalue weighted by Gasteiger charge is -2.14. The van der Waals surface area contributed by atoms with Gasteiger partial charge in [-0.1, -0.05) is 11.6 Å². The van der Waals surface area contributed by atoms with Crippen LogP contribution in [0.1, 0.15) is 26.2 Å². The lowest BCUT2D eigenvalue weighted by atomic mass is 10.1. The molecule has 3 heteroatoms. The van der Waals surface area contributed by atoms with Crippen LogP contribution in [-0.4, -0.2) is 25.7 Å². The van der Waals surface area contributed by atoms with Crippen molar-refractivity contribution in [2.45, 2.75) is 26.2 Å². The van der Waals surface area contributed by atoms with E-state index in [1.807, 2.05) is 13.0 Å². The maximum atomic E-state index is 11.0. The first-order valence-electron chi connectivity index (χ1n) is 4.87. The number of esters is 1. The molecule has 0 atom stereocenters. The molecule has 1 saturated heterocycles. The van der Waals surface area contributed by atoms with Crippen LogP contribution in [0.3, 0.4) is 0 Å². The number of ether oxygens (including phenoxy) is 1. The molecule has 0 aromatic rings. The molecular formula is C10H17NO2. The minimum Gasteiger partial charge on any atom is -0.466 e. The first-order chi connectivity index (χ1) is 6.33. The van der Waals surface area contributed by atoms with E-state index in [2.05, 4.69) is 5.32 Å². The molecule has 1 aliphatic heterocycles. The van der Waals surface area contributed by atoms with Gasteiger partial charge in [0, 0.05) is 6.54 Å². The summed E-state index contributed by atoms with van der Waals surface area (Å²) in [5.41, 5.74) is 1.33. The zero-order chi connectivity index (χ0) is 9.52. The molecular weight excluding hydrogens is 166 g/mol. The third-order valence-corrected chi connectivity index (χ3v) is 2.07. The van der Waals surface area contributed by atoms with Crippen LogP contribution in [0.15, 0.2) is 11.6 Å². The Kier molecular flexibility index (Phi) is 4.54. The van der Waals surface area contributed by atoms with Gasteiger partial charge in [0.05, 0.1) is 13.0 Å². The van der Waals surface area contributed by atoms with Crippen LogP contribution in [0.5, 0.6) is 0 Å². The molecule has 0 aromatic heterocycles. The van der Waals surface area contributed by atoms with Gasteiger partial charge in [0.15, 0.2) is 0 Å². The Balaban J connectivity index is 2.25. The molecule has 0 radical (unpaired) electrons. The van der Waals surface area contributed by atoms with Gasteiger partial charge >= 0.3 is 5.97 Å². The van der Waals surface area contributed by atoms with Crippen LogP contribution < -0.4 is 5.32 Å². The van der Waals surface area contributed by atoms with E-state index in [0.717, 1.165) is 19.5 Å². The monoisotopic (exact) mass is 183 g/mol. The lowest BCUT2D eigenvalue weighted by molar-refractivity contribution is -0.142. The second-order valence-electron chi connectivity index (χ2n) is 3.15. The standard InChI is InChI=1S/C10H17NO2/c1-2-13-10(12)6-5-9-4-3-7-11-8-9/h5,11H,2-4,6-8H2,1H3/b9-5+. The van der Waals surface area contributed by atoms with E-state index >= 15 is 0 Å². The summed E-state index contributed by atoms with van der Waals surface area (Å²) in [5, 5.41) is 3.27. The van der Waals surface area contributed by atoms with Crippen molar-refractivity contribution >= 4 is 5.97 Å². The summed E-state index contributed by atoms with van der Waals surface area (Å²) in [6, 6.07) is 0. The molecule has 1 heterocycles. The van der Waals surface area contributed by atoms with Gasteiger partial charge < -0.3 is 10.1 Å². The molecule has 1 rings (SSSR count). The van der Waals surface area contributed by atoms with Gasteiger partial charge in [-0.2, -0.15) is 0 Å². The fourth-order valence-corrected chi connectivity index (χ4v) is 1.40. The first kappa shape index (κ1) is 10.3. The Morgan fingerprint density at radius 3 is 3.15 bits per heavy atom. The van der Waals surface area contributed by atoms with Gasteiger partial charge in [-0.25, -0.2) is 0 Å². The number of nitrogens with one attached hydrogen (secondary N) is 1. The van der Waals surface area contributed by atoms with Crippen LogP contribution in [0, 0.1) is 0 Å². The molecule has 3 nitrogen and oxygen atoms in total. The zero-order valence-corrected chi connectivity index (χ0v) is 8.14. The highest BCUT2D eigenvalue weighted by atomic mass is 16.5. The summed E-state index contributed by atoms with van der Waals surface area (Å²) in [5.74, 6) is -0.124. The Morgan fingerprint density at radius 2 is 2.54 bits per heavy atom. The molecule has 0 unspecified atom stereocenters. The molecule has 0 aromatic carbocycles. The molecule has 1 N–H and O–H groups in total. The third kappa shape index (κ3) is 4.08. The molecule has 1 aliphatic rings. The van der Waals surface area contributed by atoms with Crippen LogP contribution in [0.4, 0.5) is 0 Å². The van der Waals surface area contributed by atoms with Crippen molar-refractivity contribution in [3.05, 3.63) is 11.6 Å². The van der Waals surface area contributed by atoms with Crippen LogP contribution >= 0.6 is 0 Å². The van der Waals surface area contributed by atoms with Crippen molar-refractivity contribution < 1.29 is 9.53 Å². The Labute approximate surface area is 79.2 Å². The molecule has 0 bridgehead atoms. The van der Waals surface area contributed by atoms with Gasteiger partial charge in [0.2, 0.25) is 0 Å². The van der Waals surface area contributed by atoms with E-state index in [-0.39, 0.29) is 5.97 Å². The van der Waals surface area contributed by atoms with E-state index in [1.165, 1.54) is 12.0 Å². The average molecular weight is 183 g/mol. The van der Waals surface area contributed by atoms with Crippen LogP contribution in [0.2, 0.25) is 0 Å². The highest BCUT2D eigenvalue weighted by molar-refractivity contribution is 5.71. The van der Waals surface area contributed by atoms with Gasteiger partial charge in [0.25, 0.3) is 0 Å². The summed E-state index contributed by atoms with van der Waals surface area (Å²) in [6.07, 6.45) is 4.70. The number of hydrogen-bond acceptors (Lipinski definition) is 3. The third-order valence-electron chi connectivity index (χ3n) is 2.07. The summed E-state index contributed by atoms with van der Waals surface area (Å²) >= 11 is 0. The predicted octanol–water partition coefficient (Wildman–Crippen LogP) is 1.25. The van der Waals surface area contributed by atoms with E-state index in [0.29, 0.717) is 13.0 Å². The quantitative estimate of drug-likeness (QED) is 0.528. The second kappa shape index (κ2) is 5.75. The molecule has 13 heavy (non-hydrogen) atoms. The zero-order valence-electron chi connectivity index (χ0n) is 8.14. The molecule has 74 valence electrons. The molecule has 0 saturated carbocycles. The number of carbonyl (C=O) groups is 1. The van der Waals surface area contributed by atoms with Crippen LogP contribution in [0.25, 0.3) is 0 Å². The summed E-state index contributed by atoms with van der Waals surface area (Å²) in [6.45, 7) is 4.32. The van der Waals surface area contributed by atoms with Crippen molar-refractivity contribution in [2.75, 3.05) is 19.7 Å². The lowest BCUT2D eigenvalue weighted by Crippen LogP contribution is -2.23. The van der Waals surface area contributed by atoms with E-state index in [1.54, 1.807) is 0 Å². The van der Waals surface area contributed by atoms with E-state index in [9.17, 15) is 4.79 Å². The van der Waals surface area contributed by atoms with Crippen molar-refractivity contribution in [2.24, 2.45) is 0 Å². The Hall–Kier alpha value is -0.830. The highest BCUT2D eigenvalue weighted by Gasteiger charge is 2.05. The molecule has 0 aliphatic carbocycles. The molecule has 0 amide bonds. The second-order valence-corrected chi connectivity index (χ2v) is 3.15. The first-order valence-corrected chi connectivity index (χ1v) is 4.87. The fraction of sp³-hybridized carbons (Fsp3) is 0.700. The normalized spacial score (nSPS) is 20.2. The fourth-order valence-electron chi connectivity index (χ4n) is 1.40. The minimum atomic E-state index is -0.124. The predicted molar refractivity (Wildman–Crippen MR) is 51.4 cm³/mol. The van der Waals surface area contributed by atoms with Gasteiger partial charge in [-0.15, -0.1) is 0 Å². The highest BCUT2D eigenvalue weighted by Crippen LogP contribution is 2.09. The van der Waals surface area contributed by atoms with Gasteiger partial charge in [-0.3, -0.25) is 4.79 Å². The number of piperidine rings is 1. The topological polar surface area (TPSA) is 38.3 Å². The summed E-state index contributed by atoms with van der Waals surface area (Å²) in [7, 11) is 0. The van der Waals surface area contributed by atoms with Gasteiger partial charge in [0.1, 0.15) is 0 Å². The van der Waals surface area contributed by atoms with Crippen molar-refractivity contribution in [1.82, 2.24) is 5.32 Å². The van der Waals surface area contributed by atoms with Crippen molar-refractivity contribution in [3.8, 4) is 0 Å². The summed E-state index contributed by atoms with van der Waals surface area (Å²) in [4.78, 5) is 11.0. The maximum Gasteiger partial charge on any atom is 0.309 e. The van der Waals surface area contributed by atoms with Gasteiger partial charge in [-0.05, 0) is 26.3 Å². The van der Waals surface area contributed by atoms with Crippen molar-refractivity contribution in [1.29, 1.82) is 0 Å². The average Bonchev–Trinajstić information content (AvgIpc) is 2.17. The number of rotatable bonds is 3. The smallest absolute Gasteiger partial charge is 0.309 e. The number of hydrogen-bond donors (Lipinski definition) is 1. The minimum absolute atomic E-state index is 0.124. The number of carbonyl (C=O) groups excluding carboxylic acids is 1. The van der Waals surface area contributed by atoms with E-state index in [4.69, 9.17) is 4.74 Å². The largest absolute Gasteiger partial charge is 0.466 e. The van der Waals surface area contributed by atoms with E-state index < -0.39 is 0 Å². The SMILES string of the molecule is CCOC(=O)C/C=C1\CCCNC1. The molecule has 1 fully saturated rings. The Morgan fingerprint density at radius 1 is 1.69 bits per heavy atom.